The van der Waals surface area contributed by atoms with Crippen molar-refractivity contribution in [1.82, 2.24) is 5.32 Å². The highest BCUT2D eigenvalue weighted by Crippen LogP contribution is 2.41. The Morgan fingerprint density at radius 1 is 0.941 bits per heavy atom. The Labute approximate surface area is 197 Å². The molecule has 0 fully saturated rings. The highest BCUT2D eigenvalue weighted by Gasteiger charge is 2.36. The third-order valence-electron chi connectivity index (χ3n) is 6.43. The number of benzene rings is 4. The molecular weight excluding hydrogens is 448 g/mol. The van der Waals surface area contributed by atoms with Crippen LogP contribution in [0.1, 0.15) is 11.1 Å². The highest BCUT2D eigenvalue weighted by molar-refractivity contribution is 7.93. The zero-order valence-electron chi connectivity index (χ0n) is 18.3. The number of carbonyl (C=O) groups excluding carboxylic acids is 1. The maximum absolute atomic E-state index is 13.1. The fourth-order valence-corrected chi connectivity index (χ4v) is 6.36. The topological polar surface area (TPSA) is 75.7 Å². The Kier molecular flexibility index (Phi) is 4.81. The molecule has 1 amide bonds. The molecule has 6 nitrogen and oxygen atoms in total. The molecule has 4 aromatic carbocycles. The number of sulfonamides is 1. The Hall–Kier alpha value is -3.84. The Morgan fingerprint density at radius 3 is 2.53 bits per heavy atom. The van der Waals surface area contributed by atoms with E-state index in [1.54, 1.807) is 18.2 Å². The van der Waals surface area contributed by atoms with E-state index in [9.17, 15) is 13.2 Å². The molecule has 0 aliphatic carbocycles. The first kappa shape index (κ1) is 20.7. The summed E-state index contributed by atoms with van der Waals surface area (Å²) in [5, 5.41) is 4.37. The molecule has 0 aromatic heterocycles. The van der Waals surface area contributed by atoms with Gasteiger partial charge in [-0.2, -0.15) is 0 Å². The van der Waals surface area contributed by atoms with Gasteiger partial charge in [0.05, 0.1) is 17.2 Å². The molecule has 0 saturated carbocycles. The van der Waals surface area contributed by atoms with Gasteiger partial charge in [0.15, 0.2) is 0 Å². The second-order valence-electron chi connectivity index (χ2n) is 8.54. The lowest BCUT2D eigenvalue weighted by molar-refractivity contribution is -0.119. The zero-order valence-corrected chi connectivity index (χ0v) is 19.1. The van der Waals surface area contributed by atoms with Crippen molar-refractivity contribution in [2.45, 2.75) is 17.9 Å². The van der Waals surface area contributed by atoms with E-state index in [2.05, 4.69) is 17.4 Å². The van der Waals surface area contributed by atoms with Crippen LogP contribution in [0.25, 0.3) is 21.9 Å². The maximum atomic E-state index is 13.1. The molecule has 0 spiro atoms. The lowest BCUT2D eigenvalue weighted by Gasteiger charge is -2.18. The van der Waals surface area contributed by atoms with Gasteiger partial charge >= 0.3 is 0 Å². The number of rotatable bonds is 5. The van der Waals surface area contributed by atoms with Gasteiger partial charge in [0.2, 0.25) is 5.91 Å². The molecule has 170 valence electrons. The van der Waals surface area contributed by atoms with Crippen LogP contribution in [0, 0.1) is 0 Å². The minimum absolute atomic E-state index is 0.252. The van der Waals surface area contributed by atoms with E-state index in [1.807, 2.05) is 48.5 Å². The van der Waals surface area contributed by atoms with Crippen LogP contribution in [0.2, 0.25) is 0 Å². The van der Waals surface area contributed by atoms with Crippen LogP contribution >= 0.6 is 0 Å². The maximum Gasteiger partial charge on any atom is 0.265 e. The van der Waals surface area contributed by atoms with Crippen LogP contribution in [-0.4, -0.2) is 27.5 Å². The molecule has 4 aromatic rings. The van der Waals surface area contributed by atoms with Gasteiger partial charge in [-0.3, -0.25) is 9.10 Å². The van der Waals surface area contributed by atoms with Crippen molar-refractivity contribution < 1.29 is 17.9 Å². The lowest BCUT2D eigenvalue weighted by Crippen LogP contribution is -2.38. The number of carbonyl (C=O) groups is 1. The lowest BCUT2D eigenvalue weighted by atomic mass is 10.0. The van der Waals surface area contributed by atoms with Crippen LogP contribution in [0.3, 0.4) is 0 Å². The molecular formula is C27H22N2O4S. The molecule has 34 heavy (non-hydrogen) atoms. The second-order valence-corrected chi connectivity index (χ2v) is 10.4. The summed E-state index contributed by atoms with van der Waals surface area (Å²) in [7, 11) is -3.75. The van der Waals surface area contributed by atoms with Gasteiger partial charge < -0.3 is 10.1 Å². The number of hydrogen-bond donors (Lipinski definition) is 1. The van der Waals surface area contributed by atoms with E-state index in [4.69, 9.17) is 4.74 Å². The van der Waals surface area contributed by atoms with E-state index in [1.165, 1.54) is 9.87 Å². The third kappa shape index (κ3) is 3.40. The summed E-state index contributed by atoms with van der Waals surface area (Å²) in [6, 6.07) is 24.9. The molecule has 1 N–H and O–H groups in total. The number of anilines is 1. The fourth-order valence-electron chi connectivity index (χ4n) is 4.70. The molecule has 0 atom stereocenters. The third-order valence-corrected chi connectivity index (χ3v) is 8.24. The standard InChI is InChI=1S/C27H22N2O4S/c30-26(17-29-23-5-1-3-20-4-2-6-25(27(20)23)34(29,31)32)28-16-18-7-9-19(10-8-18)21-11-12-24-22(15-21)13-14-33-24/h1-12,15H,13-14,16-17H2,(H,28,30). The Bertz CT molecular complexity index is 1540. The number of ether oxygens (including phenoxy) is 1. The van der Waals surface area contributed by atoms with E-state index >= 15 is 0 Å². The van der Waals surface area contributed by atoms with Gasteiger partial charge in [0.25, 0.3) is 10.0 Å². The number of amides is 1. The van der Waals surface area contributed by atoms with Crippen molar-refractivity contribution in [2.75, 3.05) is 17.5 Å². The Balaban J connectivity index is 1.14. The fraction of sp³-hybridized carbons (Fsp3) is 0.148. The summed E-state index contributed by atoms with van der Waals surface area (Å²) in [6.07, 6.45) is 0.930. The van der Waals surface area contributed by atoms with Gasteiger partial charge in [-0.25, -0.2) is 8.42 Å². The summed E-state index contributed by atoms with van der Waals surface area (Å²) >= 11 is 0. The van der Waals surface area contributed by atoms with Crippen LogP contribution in [0.15, 0.2) is 83.8 Å². The smallest absolute Gasteiger partial charge is 0.265 e. The summed E-state index contributed by atoms with van der Waals surface area (Å²) in [4.78, 5) is 13.0. The van der Waals surface area contributed by atoms with Crippen LogP contribution in [0.4, 0.5) is 5.69 Å². The SMILES string of the molecule is O=C(CN1c2cccc3cccc(c23)S1(=O)=O)NCc1ccc(-c2ccc3c(c2)CCO3)cc1. The van der Waals surface area contributed by atoms with E-state index in [-0.39, 0.29) is 17.3 Å². The quantitative estimate of drug-likeness (QED) is 0.473. The molecule has 0 saturated heterocycles. The predicted octanol–water partition coefficient (Wildman–Crippen LogP) is 4.27. The van der Waals surface area contributed by atoms with Crippen molar-refractivity contribution in [3.8, 4) is 16.9 Å². The molecule has 2 heterocycles. The average molecular weight is 471 g/mol. The monoisotopic (exact) mass is 470 g/mol. The van der Waals surface area contributed by atoms with Crippen LogP contribution in [0.5, 0.6) is 5.75 Å². The number of fused-ring (bicyclic) bond motifs is 1. The second kappa shape index (κ2) is 7.88. The van der Waals surface area contributed by atoms with Gasteiger partial charge in [-0.1, -0.05) is 54.6 Å². The molecule has 2 aliphatic rings. The molecule has 0 unspecified atom stereocenters. The van der Waals surface area contributed by atoms with Gasteiger partial charge in [0, 0.05) is 18.4 Å². The normalized spacial score (nSPS) is 15.2. The van der Waals surface area contributed by atoms with Crippen LogP contribution in [-0.2, 0) is 27.8 Å². The first-order valence-electron chi connectivity index (χ1n) is 11.2. The first-order chi connectivity index (χ1) is 16.5. The Morgan fingerprint density at radius 2 is 1.71 bits per heavy atom. The summed E-state index contributed by atoms with van der Waals surface area (Å²) in [5.74, 6) is 0.610. The minimum atomic E-state index is -3.75. The van der Waals surface area contributed by atoms with E-state index in [0.29, 0.717) is 17.6 Å². The predicted molar refractivity (Wildman–Crippen MR) is 131 cm³/mol. The van der Waals surface area contributed by atoms with Crippen LogP contribution < -0.4 is 14.4 Å². The van der Waals surface area contributed by atoms with Gasteiger partial charge in [-0.15, -0.1) is 0 Å². The van der Waals surface area contributed by atoms with E-state index in [0.717, 1.165) is 40.9 Å². The van der Waals surface area contributed by atoms with Crippen molar-refractivity contribution >= 4 is 32.4 Å². The van der Waals surface area contributed by atoms with Gasteiger partial charge in [0.1, 0.15) is 12.3 Å². The largest absolute Gasteiger partial charge is 0.493 e. The van der Waals surface area contributed by atoms with Crippen molar-refractivity contribution in [3.63, 3.8) is 0 Å². The zero-order chi connectivity index (χ0) is 23.3. The van der Waals surface area contributed by atoms with E-state index < -0.39 is 10.0 Å². The first-order valence-corrected chi connectivity index (χ1v) is 12.6. The van der Waals surface area contributed by atoms with Crippen molar-refractivity contribution in [3.05, 3.63) is 90.0 Å². The van der Waals surface area contributed by atoms with Crippen molar-refractivity contribution in [1.29, 1.82) is 0 Å². The summed E-state index contributed by atoms with van der Waals surface area (Å²) in [5.41, 5.74) is 4.94. The summed E-state index contributed by atoms with van der Waals surface area (Å²) < 4.78 is 32.9. The molecule has 0 bridgehead atoms. The molecule has 7 heteroatoms. The number of hydrogen-bond acceptors (Lipinski definition) is 4. The number of nitrogens with zero attached hydrogens (tertiary/aromatic N) is 1. The number of nitrogens with one attached hydrogen (secondary N) is 1. The van der Waals surface area contributed by atoms with Gasteiger partial charge in [-0.05, 0) is 51.9 Å². The average Bonchev–Trinajstić information content (AvgIpc) is 3.41. The molecule has 6 rings (SSSR count). The minimum Gasteiger partial charge on any atom is -0.493 e. The molecule has 0 radical (unpaired) electrons. The molecule has 2 aliphatic heterocycles. The summed E-state index contributed by atoms with van der Waals surface area (Å²) in [6.45, 7) is 0.797. The van der Waals surface area contributed by atoms with Crippen molar-refractivity contribution in [2.24, 2.45) is 0 Å². The highest BCUT2D eigenvalue weighted by atomic mass is 32.2.